The molecule has 0 fully saturated rings. The van der Waals surface area contributed by atoms with Crippen LogP contribution in [0.5, 0.6) is 0 Å². The summed E-state index contributed by atoms with van der Waals surface area (Å²) in [4.78, 5) is 12.6. The van der Waals surface area contributed by atoms with Crippen LogP contribution in [0.3, 0.4) is 0 Å². The second-order valence-corrected chi connectivity index (χ2v) is 10.3. The van der Waals surface area contributed by atoms with E-state index in [1.807, 2.05) is 55.5 Å². The maximum Gasteiger partial charge on any atom is 0.255 e. The first-order valence-corrected chi connectivity index (χ1v) is 12.2. The molecule has 0 saturated carbocycles. The standard InChI is InChI=1S/C23H21BrClN3O3S/c1-17-4-2-3-5-19(17)15-28(32(30,31)22-12-10-21(25)11-13-22)16-23(29)27-26-14-18-6-8-20(24)9-7-18/h2-14H,15-16H2,1H3,(H,27,29)/b26-14-. The molecule has 9 heteroatoms. The van der Waals surface area contributed by atoms with Crippen LogP contribution in [0.15, 0.2) is 87.3 Å². The zero-order valence-corrected chi connectivity index (χ0v) is 20.4. The summed E-state index contributed by atoms with van der Waals surface area (Å²) < 4.78 is 28.6. The van der Waals surface area contributed by atoms with Crippen molar-refractivity contribution in [3.05, 3.63) is 99.0 Å². The fourth-order valence-corrected chi connectivity index (χ4v) is 4.65. The predicted octanol–water partition coefficient (Wildman–Crippen LogP) is 4.75. The Morgan fingerprint density at radius 3 is 2.38 bits per heavy atom. The molecule has 6 nitrogen and oxygen atoms in total. The molecule has 0 bridgehead atoms. The molecule has 1 N–H and O–H groups in total. The Kier molecular flexibility index (Phi) is 8.20. The van der Waals surface area contributed by atoms with E-state index in [1.165, 1.54) is 30.5 Å². The molecule has 0 unspecified atom stereocenters. The van der Waals surface area contributed by atoms with Crippen molar-refractivity contribution in [2.45, 2.75) is 18.4 Å². The van der Waals surface area contributed by atoms with Gasteiger partial charge < -0.3 is 0 Å². The van der Waals surface area contributed by atoms with Gasteiger partial charge in [-0.15, -0.1) is 0 Å². The average molecular weight is 535 g/mol. The molecule has 0 saturated heterocycles. The minimum atomic E-state index is -3.95. The number of hydrogen-bond acceptors (Lipinski definition) is 4. The van der Waals surface area contributed by atoms with Gasteiger partial charge in [0.1, 0.15) is 0 Å². The molecule has 0 radical (unpaired) electrons. The van der Waals surface area contributed by atoms with Crippen molar-refractivity contribution in [2.75, 3.05) is 6.54 Å². The van der Waals surface area contributed by atoms with Gasteiger partial charge in [-0.2, -0.15) is 9.41 Å². The first kappa shape index (κ1) is 24.1. The molecular formula is C23H21BrClN3O3S. The number of sulfonamides is 1. The highest BCUT2D eigenvalue weighted by Crippen LogP contribution is 2.21. The monoisotopic (exact) mass is 533 g/mol. The van der Waals surface area contributed by atoms with E-state index in [1.54, 1.807) is 0 Å². The van der Waals surface area contributed by atoms with Crippen molar-refractivity contribution in [1.82, 2.24) is 9.73 Å². The second-order valence-electron chi connectivity index (χ2n) is 7.00. The number of halogens is 2. The van der Waals surface area contributed by atoms with Crippen LogP contribution in [-0.4, -0.2) is 31.4 Å². The predicted molar refractivity (Wildman–Crippen MR) is 130 cm³/mol. The minimum absolute atomic E-state index is 0.0431. The summed E-state index contributed by atoms with van der Waals surface area (Å²) in [6.45, 7) is 1.55. The quantitative estimate of drug-likeness (QED) is 0.335. The van der Waals surface area contributed by atoms with Crippen LogP contribution in [0, 0.1) is 6.92 Å². The minimum Gasteiger partial charge on any atom is -0.272 e. The molecule has 0 aliphatic heterocycles. The van der Waals surface area contributed by atoms with Crippen molar-refractivity contribution in [3.8, 4) is 0 Å². The van der Waals surface area contributed by atoms with Crippen LogP contribution in [0.1, 0.15) is 16.7 Å². The van der Waals surface area contributed by atoms with E-state index in [9.17, 15) is 13.2 Å². The van der Waals surface area contributed by atoms with E-state index in [0.29, 0.717) is 5.02 Å². The van der Waals surface area contributed by atoms with Crippen LogP contribution in [0.25, 0.3) is 0 Å². The summed E-state index contributed by atoms with van der Waals surface area (Å²) in [6, 6.07) is 20.7. The lowest BCUT2D eigenvalue weighted by molar-refractivity contribution is -0.121. The van der Waals surface area contributed by atoms with Gasteiger partial charge in [0.2, 0.25) is 10.0 Å². The summed E-state index contributed by atoms with van der Waals surface area (Å²) in [5, 5.41) is 4.36. The van der Waals surface area contributed by atoms with E-state index < -0.39 is 22.5 Å². The van der Waals surface area contributed by atoms with Crippen LogP contribution in [0.4, 0.5) is 0 Å². The molecule has 0 spiro atoms. The zero-order valence-electron chi connectivity index (χ0n) is 17.2. The molecule has 0 heterocycles. The number of aryl methyl sites for hydroxylation is 1. The molecule has 1 amide bonds. The van der Waals surface area contributed by atoms with Gasteiger partial charge in [-0.25, -0.2) is 13.8 Å². The van der Waals surface area contributed by atoms with E-state index in [4.69, 9.17) is 11.6 Å². The number of carbonyl (C=O) groups excluding carboxylic acids is 1. The third-order valence-corrected chi connectivity index (χ3v) is 7.24. The lowest BCUT2D eigenvalue weighted by Crippen LogP contribution is -2.39. The number of rotatable bonds is 8. The van der Waals surface area contributed by atoms with E-state index in [2.05, 4.69) is 26.5 Å². The Morgan fingerprint density at radius 1 is 1.06 bits per heavy atom. The Labute approximate surface area is 201 Å². The van der Waals surface area contributed by atoms with Crippen LogP contribution in [-0.2, 0) is 21.4 Å². The number of benzene rings is 3. The van der Waals surface area contributed by atoms with Gasteiger partial charge in [-0.05, 0) is 60.0 Å². The lowest BCUT2D eigenvalue weighted by Gasteiger charge is -2.22. The molecule has 0 atom stereocenters. The maximum absolute atomic E-state index is 13.3. The van der Waals surface area contributed by atoms with Gasteiger partial charge in [-0.1, -0.05) is 63.9 Å². The fraction of sp³-hybridized carbons (Fsp3) is 0.130. The molecule has 0 aliphatic rings. The van der Waals surface area contributed by atoms with Crippen molar-refractivity contribution in [1.29, 1.82) is 0 Å². The van der Waals surface area contributed by atoms with Crippen molar-refractivity contribution < 1.29 is 13.2 Å². The fourth-order valence-electron chi connectivity index (χ4n) is 2.88. The van der Waals surface area contributed by atoms with Gasteiger partial charge in [0.25, 0.3) is 5.91 Å². The molecule has 0 aliphatic carbocycles. The number of hydrazone groups is 1. The van der Waals surface area contributed by atoms with Gasteiger partial charge in [0.15, 0.2) is 0 Å². The summed E-state index contributed by atoms with van der Waals surface area (Å²) >= 11 is 9.26. The van der Waals surface area contributed by atoms with Crippen LogP contribution in [0.2, 0.25) is 5.02 Å². The number of nitrogens with zero attached hydrogens (tertiary/aromatic N) is 2. The Bertz CT molecular complexity index is 1210. The van der Waals surface area contributed by atoms with Crippen LogP contribution >= 0.6 is 27.5 Å². The molecule has 3 rings (SSSR count). The smallest absolute Gasteiger partial charge is 0.255 e. The Balaban J connectivity index is 1.80. The third kappa shape index (κ3) is 6.49. The molecular weight excluding hydrogens is 514 g/mol. The number of carbonyl (C=O) groups is 1. The van der Waals surface area contributed by atoms with E-state index in [0.717, 1.165) is 25.5 Å². The largest absolute Gasteiger partial charge is 0.272 e. The van der Waals surface area contributed by atoms with Crippen molar-refractivity contribution in [3.63, 3.8) is 0 Å². The molecule has 3 aromatic rings. The summed E-state index contributed by atoms with van der Waals surface area (Å²) in [5.74, 6) is -0.551. The number of nitrogens with one attached hydrogen (secondary N) is 1. The first-order chi connectivity index (χ1) is 15.3. The highest BCUT2D eigenvalue weighted by atomic mass is 79.9. The SMILES string of the molecule is Cc1ccccc1CN(CC(=O)N/N=C\c1ccc(Br)cc1)S(=O)(=O)c1ccc(Cl)cc1. The first-order valence-electron chi connectivity index (χ1n) is 9.63. The van der Waals surface area contributed by atoms with Crippen molar-refractivity contribution in [2.24, 2.45) is 5.10 Å². The number of hydrogen-bond donors (Lipinski definition) is 1. The summed E-state index contributed by atoms with van der Waals surface area (Å²) in [6.07, 6.45) is 1.49. The lowest BCUT2D eigenvalue weighted by atomic mass is 10.1. The highest BCUT2D eigenvalue weighted by Gasteiger charge is 2.27. The van der Waals surface area contributed by atoms with Gasteiger partial charge in [0, 0.05) is 16.0 Å². The summed E-state index contributed by atoms with van der Waals surface area (Å²) in [7, 11) is -3.95. The molecule has 0 aromatic heterocycles. The Hall–Kier alpha value is -2.52. The van der Waals surface area contributed by atoms with Crippen molar-refractivity contribution >= 4 is 49.7 Å². The van der Waals surface area contributed by atoms with Gasteiger partial charge in [-0.3, -0.25) is 4.79 Å². The van der Waals surface area contributed by atoms with E-state index in [-0.39, 0.29) is 11.4 Å². The van der Waals surface area contributed by atoms with Crippen LogP contribution < -0.4 is 5.43 Å². The average Bonchev–Trinajstić information content (AvgIpc) is 2.76. The molecule has 166 valence electrons. The number of amides is 1. The molecule has 32 heavy (non-hydrogen) atoms. The maximum atomic E-state index is 13.3. The third-order valence-electron chi connectivity index (χ3n) is 4.65. The summed E-state index contributed by atoms with van der Waals surface area (Å²) in [5.41, 5.74) is 4.92. The highest BCUT2D eigenvalue weighted by molar-refractivity contribution is 9.10. The van der Waals surface area contributed by atoms with Gasteiger partial charge in [0.05, 0.1) is 17.7 Å². The van der Waals surface area contributed by atoms with E-state index >= 15 is 0 Å². The molecule has 3 aromatic carbocycles. The zero-order chi connectivity index (χ0) is 23.1. The second kappa shape index (κ2) is 10.9. The van der Waals surface area contributed by atoms with Gasteiger partial charge >= 0.3 is 0 Å². The normalized spacial score (nSPS) is 11.8. The Morgan fingerprint density at radius 2 is 1.72 bits per heavy atom. The topological polar surface area (TPSA) is 78.8 Å².